The molecule has 1 heterocycles. The van der Waals surface area contributed by atoms with Crippen LogP contribution in [0.5, 0.6) is 0 Å². The average molecular weight is 193 g/mol. The van der Waals surface area contributed by atoms with Crippen LogP contribution in [0.3, 0.4) is 0 Å². The van der Waals surface area contributed by atoms with E-state index in [0.29, 0.717) is 6.61 Å². The van der Waals surface area contributed by atoms with Gasteiger partial charge in [-0.2, -0.15) is 0 Å². The van der Waals surface area contributed by atoms with E-state index >= 15 is 0 Å². The van der Waals surface area contributed by atoms with E-state index in [2.05, 4.69) is 0 Å². The largest absolute Gasteiger partial charge is 0.394 e. The van der Waals surface area contributed by atoms with Gasteiger partial charge in [-0.1, -0.05) is 0 Å². The van der Waals surface area contributed by atoms with Gasteiger partial charge < -0.3 is 24.8 Å². The molecule has 1 aliphatic heterocycles. The van der Waals surface area contributed by atoms with Crippen LogP contribution in [0.1, 0.15) is 14.7 Å². The fourth-order valence-electron chi connectivity index (χ4n) is 1.20. The second-order valence-corrected chi connectivity index (χ2v) is 2.85. The molecule has 1 aliphatic rings. The zero-order valence-electron chi connectivity index (χ0n) is 8.46. The Hall–Kier alpha value is -0.200. The van der Waals surface area contributed by atoms with E-state index in [9.17, 15) is 10.2 Å². The molecular formula is C8H16O5. The molecule has 5 atom stereocenters. The standard InChI is InChI=1S/C8H16O5/c1-2-12-7-3-5(10)8(11)6(4-9)13-7/h5-11H,2-4H2,1H3/t5-,6-,7-,8+/m1/s1/i3D/t3-,5+,6+,7+,8-/m0. The lowest BCUT2D eigenvalue weighted by Crippen LogP contribution is -2.50. The summed E-state index contributed by atoms with van der Waals surface area (Å²) in [5, 5.41) is 27.7. The molecule has 5 nitrogen and oxygen atoms in total. The van der Waals surface area contributed by atoms with Crippen LogP contribution >= 0.6 is 0 Å². The predicted molar refractivity (Wildman–Crippen MR) is 44.0 cm³/mol. The highest BCUT2D eigenvalue weighted by Gasteiger charge is 2.36. The number of hydrogen-bond acceptors (Lipinski definition) is 5. The van der Waals surface area contributed by atoms with Gasteiger partial charge in [-0.3, -0.25) is 0 Å². The van der Waals surface area contributed by atoms with Gasteiger partial charge in [0.2, 0.25) is 0 Å². The Bertz CT molecular complexity index is 175. The van der Waals surface area contributed by atoms with Gasteiger partial charge in [0, 0.05) is 14.4 Å². The zero-order valence-corrected chi connectivity index (χ0v) is 7.46. The van der Waals surface area contributed by atoms with Crippen LogP contribution in [0, 0.1) is 0 Å². The third kappa shape index (κ3) is 2.62. The molecule has 0 bridgehead atoms. The summed E-state index contributed by atoms with van der Waals surface area (Å²) in [5.74, 6) is 0. The van der Waals surface area contributed by atoms with Crippen molar-refractivity contribution in [1.82, 2.24) is 0 Å². The Morgan fingerprint density at radius 2 is 2.31 bits per heavy atom. The van der Waals surface area contributed by atoms with Crippen molar-refractivity contribution >= 4 is 0 Å². The van der Waals surface area contributed by atoms with Gasteiger partial charge in [0.1, 0.15) is 12.2 Å². The summed E-state index contributed by atoms with van der Waals surface area (Å²) in [6, 6.07) is 0. The summed E-state index contributed by atoms with van der Waals surface area (Å²) >= 11 is 0. The van der Waals surface area contributed by atoms with Gasteiger partial charge in [0.15, 0.2) is 6.29 Å². The lowest BCUT2D eigenvalue weighted by molar-refractivity contribution is -0.255. The second-order valence-electron chi connectivity index (χ2n) is 2.85. The number of rotatable bonds is 3. The van der Waals surface area contributed by atoms with Gasteiger partial charge in [0.25, 0.3) is 0 Å². The van der Waals surface area contributed by atoms with Crippen LogP contribution in [0.4, 0.5) is 0 Å². The number of aliphatic hydroxyl groups excluding tert-OH is 3. The maximum absolute atomic E-state index is 9.44. The van der Waals surface area contributed by atoms with Crippen molar-refractivity contribution in [3.8, 4) is 0 Å². The lowest BCUT2D eigenvalue weighted by Gasteiger charge is -2.35. The Balaban J connectivity index is 2.63. The van der Waals surface area contributed by atoms with E-state index in [-0.39, 0.29) is 0 Å². The molecule has 0 radical (unpaired) electrons. The maximum atomic E-state index is 9.44. The van der Waals surface area contributed by atoms with Crippen molar-refractivity contribution < 1.29 is 26.2 Å². The Kier molecular flexibility index (Phi) is 3.51. The highest BCUT2D eigenvalue weighted by Crippen LogP contribution is 2.20. The van der Waals surface area contributed by atoms with Crippen LogP contribution in [-0.2, 0) is 9.47 Å². The molecule has 1 saturated heterocycles. The molecule has 0 aromatic rings. The van der Waals surface area contributed by atoms with Crippen molar-refractivity contribution in [3.05, 3.63) is 0 Å². The first kappa shape index (κ1) is 9.36. The molecule has 0 spiro atoms. The van der Waals surface area contributed by atoms with E-state index in [1.165, 1.54) is 0 Å². The molecule has 1 fully saturated rings. The average Bonchev–Trinajstić information content (AvgIpc) is 2.19. The first-order chi connectivity index (χ1) is 6.61. The van der Waals surface area contributed by atoms with Crippen molar-refractivity contribution in [1.29, 1.82) is 0 Å². The first-order valence-electron chi connectivity index (χ1n) is 4.85. The third-order valence-corrected chi connectivity index (χ3v) is 1.90. The van der Waals surface area contributed by atoms with Gasteiger partial charge in [-0.05, 0) is 6.92 Å². The summed E-state index contributed by atoms with van der Waals surface area (Å²) in [6.07, 6.45) is -5.32. The summed E-state index contributed by atoms with van der Waals surface area (Å²) in [4.78, 5) is 0. The van der Waals surface area contributed by atoms with E-state index in [4.69, 9.17) is 16.0 Å². The molecule has 1 rings (SSSR count). The molecule has 13 heavy (non-hydrogen) atoms. The van der Waals surface area contributed by atoms with E-state index < -0.39 is 37.6 Å². The van der Waals surface area contributed by atoms with E-state index in [1.807, 2.05) is 0 Å². The second kappa shape index (κ2) is 4.88. The fourth-order valence-corrected chi connectivity index (χ4v) is 1.20. The van der Waals surface area contributed by atoms with Crippen LogP contribution in [0.25, 0.3) is 0 Å². The van der Waals surface area contributed by atoms with Crippen LogP contribution < -0.4 is 0 Å². The molecule has 0 aliphatic carbocycles. The molecule has 0 unspecified atom stereocenters. The molecule has 0 aromatic carbocycles. The summed E-state index contributed by atoms with van der Waals surface area (Å²) in [6.45, 7) is 1.68. The van der Waals surface area contributed by atoms with Gasteiger partial charge in [-0.25, -0.2) is 0 Å². The predicted octanol–water partition coefficient (Wildman–Crippen LogP) is -1.15. The van der Waals surface area contributed by atoms with E-state index in [0.717, 1.165) is 0 Å². The Morgan fingerprint density at radius 3 is 2.85 bits per heavy atom. The molecule has 0 saturated carbocycles. The van der Waals surface area contributed by atoms with Crippen molar-refractivity contribution in [2.24, 2.45) is 0 Å². The molecule has 0 aromatic heterocycles. The molecule has 0 amide bonds. The fraction of sp³-hybridized carbons (Fsp3) is 1.00. The molecule has 3 N–H and O–H groups in total. The monoisotopic (exact) mass is 193 g/mol. The minimum absolute atomic E-state index is 0.348. The normalized spacial score (nSPS) is 47.4. The number of aliphatic hydroxyl groups is 3. The zero-order chi connectivity index (χ0) is 10.7. The molecular weight excluding hydrogens is 176 g/mol. The van der Waals surface area contributed by atoms with Crippen molar-refractivity contribution in [2.75, 3.05) is 13.2 Å². The van der Waals surface area contributed by atoms with Crippen molar-refractivity contribution in [3.63, 3.8) is 0 Å². The SMILES string of the molecule is [2H][C@@H]1[C@H](OCC)O[C@H](CO)[C@@H](O)[C@@H]1O. The molecule has 5 heteroatoms. The summed E-state index contributed by atoms with van der Waals surface area (Å²) < 4.78 is 17.6. The van der Waals surface area contributed by atoms with Crippen molar-refractivity contribution in [2.45, 2.75) is 37.9 Å². The van der Waals surface area contributed by atoms with Crippen LogP contribution in [0.2, 0.25) is 0 Å². The smallest absolute Gasteiger partial charge is 0.160 e. The van der Waals surface area contributed by atoms with Gasteiger partial charge in [-0.15, -0.1) is 0 Å². The van der Waals surface area contributed by atoms with Gasteiger partial charge >= 0.3 is 0 Å². The highest BCUT2D eigenvalue weighted by atomic mass is 16.7. The minimum atomic E-state index is -1.25. The molecule has 78 valence electrons. The maximum Gasteiger partial charge on any atom is 0.160 e. The quantitative estimate of drug-likeness (QED) is 0.527. The number of ether oxygens (including phenoxy) is 2. The number of hydrogen-bond donors (Lipinski definition) is 3. The van der Waals surface area contributed by atoms with E-state index in [1.54, 1.807) is 6.92 Å². The third-order valence-electron chi connectivity index (χ3n) is 1.90. The lowest BCUT2D eigenvalue weighted by atomic mass is 10.0. The Labute approximate surface area is 78.3 Å². The summed E-state index contributed by atoms with van der Waals surface area (Å²) in [5.41, 5.74) is 0. The topological polar surface area (TPSA) is 79.2 Å². The minimum Gasteiger partial charge on any atom is -0.394 e. The highest BCUT2D eigenvalue weighted by molar-refractivity contribution is 4.82. The van der Waals surface area contributed by atoms with Crippen LogP contribution in [-0.4, -0.2) is 53.1 Å². The summed E-state index contributed by atoms with van der Waals surface area (Å²) in [7, 11) is 0. The Morgan fingerprint density at radius 1 is 1.62 bits per heavy atom. The van der Waals surface area contributed by atoms with Crippen LogP contribution in [0.15, 0.2) is 0 Å². The first-order valence-corrected chi connectivity index (χ1v) is 4.28. The van der Waals surface area contributed by atoms with Gasteiger partial charge in [0.05, 0.1) is 12.7 Å².